The fourth-order valence-electron chi connectivity index (χ4n) is 4.53. The van der Waals surface area contributed by atoms with Gasteiger partial charge in [-0.3, -0.25) is 24.0 Å². The van der Waals surface area contributed by atoms with Crippen LogP contribution in [0, 0.1) is 17.3 Å². The molecule has 1 aliphatic carbocycles. The second-order valence-corrected chi connectivity index (χ2v) is 11.4. The number of ketones is 2. The lowest BCUT2D eigenvalue weighted by Gasteiger charge is -2.36. The molecule has 11 heteroatoms. The minimum atomic E-state index is -1.10. The maximum absolute atomic E-state index is 13.6. The van der Waals surface area contributed by atoms with Gasteiger partial charge in [-0.2, -0.15) is 0 Å². The minimum absolute atomic E-state index is 0.129. The van der Waals surface area contributed by atoms with Gasteiger partial charge in [0.15, 0.2) is 5.78 Å². The zero-order valence-electron chi connectivity index (χ0n) is 22.2. The van der Waals surface area contributed by atoms with Crippen LogP contribution in [0.25, 0.3) is 0 Å². The van der Waals surface area contributed by atoms with E-state index in [1.54, 1.807) is 20.8 Å². The third-order valence-corrected chi connectivity index (χ3v) is 6.76. The number of rotatable bonds is 11. The van der Waals surface area contributed by atoms with Gasteiger partial charge < -0.3 is 26.6 Å². The molecular formula is C25H41N5O6. The summed E-state index contributed by atoms with van der Waals surface area (Å²) in [5, 5.41) is 7.99. The lowest BCUT2D eigenvalue weighted by Crippen LogP contribution is -2.61. The number of likely N-dealkylation sites (tertiary alicyclic amines) is 1. The molecule has 4 atom stereocenters. The lowest BCUT2D eigenvalue weighted by atomic mass is 9.85. The number of carbonyl (C=O) groups is 6. The largest absolute Gasteiger partial charge is 0.363 e. The van der Waals surface area contributed by atoms with E-state index in [0.29, 0.717) is 25.8 Å². The fourth-order valence-corrected chi connectivity index (χ4v) is 4.53. The number of primary amides is 1. The van der Waals surface area contributed by atoms with Crippen molar-refractivity contribution in [3.63, 3.8) is 0 Å². The Morgan fingerprint density at radius 1 is 0.972 bits per heavy atom. The smallest absolute Gasteiger partial charge is 0.316 e. The molecule has 0 radical (unpaired) electrons. The number of hydrogen-bond acceptors (Lipinski definition) is 6. The summed E-state index contributed by atoms with van der Waals surface area (Å²) in [7, 11) is 0. The van der Waals surface area contributed by atoms with Gasteiger partial charge in [-0.25, -0.2) is 4.79 Å². The molecule has 0 aromatic rings. The third-order valence-electron chi connectivity index (χ3n) is 6.76. The molecule has 2 rings (SSSR count). The van der Waals surface area contributed by atoms with Crippen molar-refractivity contribution in [2.24, 2.45) is 23.0 Å². The van der Waals surface area contributed by atoms with Crippen LogP contribution in [-0.2, 0) is 24.0 Å². The van der Waals surface area contributed by atoms with Crippen LogP contribution in [0.3, 0.4) is 0 Å². The first-order valence-corrected chi connectivity index (χ1v) is 12.7. The summed E-state index contributed by atoms with van der Waals surface area (Å²) in [4.78, 5) is 76.5. The summed E-state index contributed by atoms with van der Waals surface area (Å²) >= 11 is 0. The second kappa shape index (κ2) is 11.8. The molecular weight excluding hydrogens is 466 g/mol. The molecule has 36 heavy (non-hydrogen) atoms. The van der Waals surface area contributed by atoms with E-state index in [9.17, 15) is 28.8 Å². The monoisotopic (exact) mass is 507 g/mol. The summed E-state index contributed by atoms with van der Waals surface area (Å²) in [6.45, 7) is 10.7. The van der Waals surface area contributed by atoms with Gasteiger partial charge >= 0.3 is 6.03 Å². The van der Waals surface area contributed by atoms with Crippen molar-refractivity contribution in [2.75, 3.05) is 6.54 Å². The highest BCUT2D eigenvalue weighted by Gasteiger charge is 2.43. The predicted molar refractivity (Wildman–Crippen MR) is 132 cm³/mol. The summed E-state index contributed by atoms with van der Waals surface area (Å²) < 4.78 is 0. The number of Topliss-reactive ketones (excluding diaryl/α,β-unsaturated/α-hetero) is 2. The van der Waals surface area contributed by atoms with Crippen molar-refractivity contribution >= 4 is 35.3 Å². The summed E-state index contributed by atoms with van der Waals surface area (Å²) in [5.74, 6) is -2.96. The van der Waals surface area contributed by atoms with E-state index in [1.807, 2.05) is 13.8 Å². The molecule has 202 valence electrons. The van der Waals surface area contributed by atoms with Gasteiger partial charge in [-0.05, 0) is 43.4 Å². The molecule has 5 N–H and O–H groups in total. The summed E-state index contributed by atoms with van der Waals surface area (Å²) in [6.07, 6.45) is 3.15. The van der Waals surface area contributed by atoms with Gasteiger partial charge in [0.2, 0.25) is 17.6 Å². The van der Waals surface area contributed by atoms with E-state index < -0.39 is 59.1 Å². The number of nitrogens with one attached hydrogen (secondary N) is 3. The maximum atomic E-state index is 13.6. The van der Waals surface area contributed by atoms with Gasteiger partial charge in [0.05, 0.1) is 12.1 Å². The second-order valence-electron chi connectivity index (χ2n) is 11.4. The van der Waals surface area contributed by atoms with Crippen LogP contribution in [0.15, 0.2) is 0 Å². The van der Waals surface area contributed by atoms with Crippen LogP contribution in [0.5, 0.6) is 0 Å². The van der Waals surface area contributed by atoms with Crippen molar-refractivity contribution in [3.8, 4) is 0 Å². The Labute approximate surface area is 212 Å². The van der Waals surface area contributed by atoms with E-state index in [2.05, 4.69) is 16.0 Å². The fraction of sp³-hybridized carbons (Fsp3) is 0.760. The average Bonchev–Trinajstić information content (AvgIpc) is 3.44. The first kappa shape index (κ1) is 29.3. The molecule has 4 unspecified atom stereocenters. The third kappa shape index (κ3) is 7.76. The number of nitrogens with two attached hydrogens (primary N) is 1. The normalized spacial score (nSPS) is 20.3. The van der Waals surface area contributed by atoms with Gasteiger partial charge in [-0.1, -0.05) is 47.5 Å². The number of urea groups is 1. The van der Waals surface area contributed by atoms with Gasteiger partial charge in [0, 0.05) is 6.54 Å². The Morgan fingerprint density at radius 2 is 1.58 bits per heavy atom. The van der Waals surface area contributed by atoms with Gasteiger partial charge in [0.1, 0.15) is 12.1 Å². The highest BCUT2D eigenvalue weighted by atomic mass is 16.2. The van der Waals surface area contributed by atoms with E-state index >= 15 is 0 Å². The Kier molecular flexibility index (Phi) is 9.62. The number of nitrogens with zero attached hydrogens (tertiary/aromatic N) is 1. The molecule has 0 aromatic heterocycles. The number of hydrogen-bond donors (Lipinski definition) is 4. The van der Waals surface area contributed by atoms with Crippen LogP contribution < -0.4 is 21.7 Å². The maximum Gasteiger partial charge on any atom is 0.316 e. The Balaban J connectivity index is 2.16. The van der Waals surface area contributed by atoms with E-state index in [1.165, 1.54) is 11.8 Å². The van der Waals surface area contributed by atoms with Crippen molar-refractivity contribution in [1.29, 1.82) is 0 Å². The van der Waals surface area contributed by atoms with Crippen LogP contribution >= 0.6 is 0 Å². The van der Waals surface area contributed by atoms with E-state index in [-0.39, 0.29) is 17.6 Å². The molecule has 5 amide bonds. The van der Waals surface area contributed by atoms with Crippen molar-refractivity contribution in [1.82, 2.24) is 20.9 Å². The molecule has 1 aliphatic heterocycles. The van der Waals surface area contributed by atoms with Crippen molar-refractivity contribution in [2.45, 2.75) is 97.8 Å². The number of carbonyl (C=O) groups excluding carboxylic acids is 6. The first-order chi connectivity index (χ1) is 16.6. The summed E-state index contributed by atoms with van der Waals surface area (Å²) in [5.41, 5.74) is 4.48. The van der Waals surface area contributed by atoms with E-state index in [0.717, 1.165) is 12.8 Å². The SMILES string of the molecule is CC(=O)C(NC(=O)NC(C(=O)N1CCCC1C(=O)NC(CC1CC1)C(=O)C(N)=O)C(C)(C)C)C(C)C. The molecule has 1 saturated carbocycles. The quantitative estimate of drug-likeness (QED) is 0.299. The zero-order valence-corrected chi connectivity index (χ0v) is 22.2. The molecule has 2 aliphatic rings. The molecule has 0 spiro atoms. The summed E-state index contributed by atoms with van der Waals surface area (Å²) in [6, 6.07) is -4.16. The van der Waals surface area contributed by atoms with Crippen LogP contribution in [-0.4, -0.2) is 70.9 Å². The Morgan fingerprint density at radius 3 is 2.06 bits per heavy atom. The van der Waals surface area contributed by atoms with Crippen LogP contribution in [0.4, 0.5) is 4.79 Å². The van der Waals surface area contributed by atoms with Crippen LogP contribution in [0.2, 0.25) is 0 Å². The van der Waals surface area contributed by atoms with Crippen LogP contribution in [0.1, 0.15) is 73.6 Å². The zero-order chi connectivity index (χ0) is 27.4. The molecule has 1 heterocycles. The van der Waals surface area contributed by atoms with Crippen molar-refractivity contribution < 1.29 is 28.8 Å². The average molecular weight is 508 g/mol. The van der Waals surface area contributed by atoms with E-state index in [4.69, 9.17) is 5.73 Å². The molecule has 11 nitrogen and oxygen atoms in total. The molecule has 2 fully saturated rings. The van der Waals surface area contributed by atoms with Crippen molar-refractivity contribution in [3.05, 3.63) is 0 Å². The van der Waals surface area contributed by atoms with Gasteiger partial charge in [0.25, 0.3) is 5.91 Å². The highest BCUT2D eigenvalue weighted by Crippen LogP contribution is 2.34. The number of amides is 5. The van der Waals surface area contributed by atoms with Gasteiger partial charge in [-0.15, -0.1) is 0 Å². The highest BCUT2D eigenvalue weighted by molar-refractivity contribution is 6.37. The molecule has 0 aromatic carbocycles. The lowest BCUT2D eigenvalue weighted by molar-refractivity contribution is -0.143. The first-order valence-electron chi connectivity index (χ1n) is 12.7. The predicted octanol–water partition coefficient (Wildman–Crippen LogP) is 0.644. The standard InChI is InChI=1S/C25H41N5O6/c1-13(2)18(14(3)31)28-24(36)29-20(25(4,5)6)23(35)30-11-7-8-17(30)22(34)27-16(12-15-9-10-15)19(32)21(26)33/h13,15-18,20H,7-12H2,1-6H3,(H2,26,33)(H,27,34)(H2,28,29,36). The molecule has 0 bridgehead atoms. The topological polar surface area (TPSA) is 168 Å². The Bertz CT molecular complexity index is 892. The Hall–Kier alpha value is -2.98. The molecule has 1 saturated heterocycles. The minimum Gasteiger partial charge on any atom is -0.363 e.